The van der Waals surface area contributed by atoms with Crippen LogP contribution in [-0.4, -0.2) is 4.98 Å². The van der Waals surface area contributed by atoms with E-state index in [9.17, 15) is 0 Å². The highest BCUT2D eigenvalue weighted by Gasteiger charge is 2.12. The fourth-order valence-corrected chi connectivity index (χ4v) is 1.39. The van der Waals surface area contributed by atoms with Gasteiger partial charge in [0.05, 0.1) is 11.6 Å². The second-order valence-electron chi connectivity index (χ2n) is 3.09. The molecule has 0 saturated carbocycles. The summed E-state index contributed by atoms with van der Waals surface area (Å²) in [6.45, 7) is 3.88. The standard InChI is InChI=1S/C9H11N3O/c1-4-5(2)12-3-6-7(4)8(10)9(11)13-6/h3H,10-11H2,1-2H3. The van der Waals surface area contributed by atoms with Crippen molar-refractivity contribution in [3.05, 3.63) is 17.5 Å². The van der Waals surface area contributed by atoms with Gasteiger partial charge in [-0.15, -0.1) is 0 Å². The molecule has 0 aliphatic heterocycles. The van der Waals surface area contributed by atoms with Gasteiger partial charge in [0.15, 0.2) is 5.58 Å². The largest absolute Gasteiger partial charge is 0.437 e. The molecule has 0 spiro atoms. The summed E-state index contributed by atoms with van der Waals surface area (Å²) < 4.78 is 5.22. The molecule has 4 N–H and O–H groups in total. The third-order valence-electron chi connectivity index (χ3n) is 2.29. The second-order valence-corrected chi connectivity index (χ2v) is 3.09. The Labute approximate surface area is 75.5 Å². The van der Waals surface area contributed by atoms with Crippen LogP contribution in [0.3, 0.4) is 0 Å². The summed E-state index contributed by atoms with van der Waals surface area (Å²) in [7, 11) is 0. The first-order valence-electron chi connectivity index (χ1n) is 4.01. The van der Waals surface area contributed by atoms with Gasteiger partial charge < -0.3 is 15.9 Å². The lowest BCUT2D eigenvalue weighted by molar-refractivity contribution is 0.636. The molecule has 0 atom stereocenters. The molecular formula is C9H11N3O. The molecule has 2 aromatic rings. The van der Waals surface area contributed by atoms with Crippen molar-refractivity contribution < 1.29 is 4.42 Å². The molecule has 4 heteroatoms. The van der Waals surface area contributed by atoms with Gasteiger partial charge in [0.25, 0.3) is 0 Å². The minimum absolute atomic E-state index is 0.269. The number of anilines is 2. The third kappa shape index (κ3) is 0.950. The van der Waals surface area contributed by atoms with E-state index in [2.05, 4.69) is 4.98 Å². The van der Waals surface area contributed by atoms with Gasteiger partial charge in [0.2, 0.25) is 5.88 Å². The lowest BCUT2D eigenvalue weighted by Gasteiger charge is -1.99. The van der Waals surface area contributed by atoms with Crippen molar-refractivity contribution in [2.75, 3.05) is 11.5 Å². The summed E-state index contributed by atoms with van der Waals surface area (Å²) in [6, 6.07) is 0. The van der Waals surface area contributed by atoms with Crippen LogP contribution in [0.15, 0.2) is 10.6 Å². The molecule has 4 nitrogen and oxygen atoms in total. The second kappa shape index (κ2) is 2.39. The van der Waals surface area contributed by atoms with E-state index < -0.39 is 0 Å². The molecule has 0 radical (unpaired) electrons. The minimum atomic E-state index is 0.269. The highest BCUT2D eigenvalue weighted by molar-refractivity contribution is 5.97. The van der Waals surface area contributed by atoms with E-state index in [1.165, 1.54) is 0 Å². The molecule has 13 heavy (non-hydrogen) atoms. The van der Waals surface area contributed by atoms with Gasteiger partial charge in [0.1, 0.15) is 5.69 Å². The minimum Gasteiger partial charge on any atom is -0.437 e. The number of fused-ring (bicyclic) bond motifs is 1. The topological polar surface area (TPSA) is 78.1 Å². The lowest BCUT2D eigenvalue weighted by Crippen LogP contribution is -1.92. The number of hydrogen-bond acceptors (Lipinski definition) is 4. The van der Waals surface area contributed by atoms with Gasteiger partial charge in [-0.25, -0.2) is 0 Å². The Hall–Kier alpha value is -1.71. The summed E-state index contributed by atoms with van der Waals surface area (Å²) in [4.78, 5) is 4.16. The van der Waals surface area contributed by atoms with Crippen LogP contribution in [-0.2, 0) is 0 Å². The van der Waals surface area contributed by atoms with E-state index in [-0.39, 0.29) is 5.88 Å². The van der Waals surface area contributed by atoms with E-state index >= 15 is 0 Å². The fourth-order valence-electron chi connectivity index (χ4n) is 1.39. The Balaban J connectivity index is 2.97. The van der Waals surface area contributed by atoms with E-state index in [1.807, 2.05) is 13.8 Å². The molecule has 2 heterocycles. The number of nitrogens with two attached hydrogens (primary N) is 2. The van der Waals surface area contributed by atoms with Crippen molar-refractivity contribution in [2.24, 2.45) is 0 Å². The molecule has 2 rings (SSSR count). The Morgan fingerprint density at radius 3 is 2.69 bits per heavy atom. The summed E-state index contributed by atoms with van der Waals surface area (Å²) in [5.41, 5.74) is 14.4. The van der Waals surface area contributed by atoms with E-state index in [0.717, 1.165) is 16.6 Å². The quantitative estimate of drug-likeness (QED) is 0.640. The van der Waals surface area contributed by atoms with Gasteiger partial charge >= 0.3 is 0 Å². The Morgan fingerprint density at radius 1 is 1.31 bits per heavy atom. The van der Waals surface area contributed by atoms with Gasteiger partial charge in [0, 0.05) is 5.69 Å². The molecule has 68 valence electrons. The van der Waals surface area contributed by atoms with Crippen LogP contribution in [0.5, 0.6) is 0 Å². The summed E-state index contributed by atoms with van der Waals surface area (Å²) in [6.07, 6.45) is 1.64. The molecule has 0 unspecified atom stereocenters. The number of pyridine rings is 1. The van der Waals surface area contributed by atoms with Crippen LogP contribution < -0.4 is 11.5 Å². The fraction of sp³-hybridized carbons (Fsp3) is 0.222. The summed E-state index contributed by atoms with van der Waals surface area (Å²) in [5.74, 6) is 0.269. The molecule has 0 aliphatic rings. The van der Waals surface area contributed by atoms with Gasteiger partial charge in [-0.3, -0.25) is 4.98 Å². The Kier molecular flexibility index (Phi) is 1.45. The first-order chi connectivity index (χ1) is 6.11. The highest BCUT2D eigenvalue weighted by atomic mass is 16.3. The average molecular weight is 177 g/mol. The molecule has 0 fully saturated rings. The van der Waals surface area contributed by atoms with Crippen LogP contribution in [0.4, 0.5) is 11.6 Å². The molecule has 0 amide bonds. The molecular weight excluding hydrogens is 166 g/mol. The van der Waals surface area contributed by atoms with Gasteiger partial charge in [-0.2, -0.15) is 0 Å². The average Bonchev–Trinajstić information content (AvgIpc) is 2.37. The zero-order valence-electron chi connectivity index (χ0n) is 7.59. The van der Waals surface area contributed by atoms with E-state index in [4.69, 9.17) is 15.9 Å². The normalized spacial score (nSPS) is 10.9. The zero-order valence-corrected chi connectivity index (χ0v) is 7.59. The molecule has 0 aliphatic carbocycles. The van der Waals surface area contributed by atoms with Crippen molar-refractivity contribution in [3.63, 3.8) is 0 Å². The van der Waals surface area contributed by atoms with Crippen LogP contribution >= 0.6 is 0 Å². The van der Waals surface area contributed by atoms with Crippen molar-refractivity contribution in [2.45, 2.75) is 13.8 Å². The summed E-state index contributed by atoms with van der Waals surface area (Å²) >= 11 is 0. The van der Waals surface area contributed by atoms with Crippen molar-refractivity contribution in [1.29, 1.82) is 0 Å². The molecule has 0 bridgehead atoms. The lowest BCUT2D eigenvalue weighted by atomic mass is 10.1. The number of furan rings is 1. The maximum Gasteiger partial charge on any atom is 0.214 e. The van der Waals surface area contributed by atoms with Crippen LogP contribution in [0.2, 0.25) is 0 Å². The SMILES string of the molecule is Cc1ncc2oc(N)c(N)c2c1C. The van der Waals surface area contributed by atoms with Crippen LogP contribution in [0.25, 0.3) is 11.0 Å². The smallest absolute Gasteiger partial charge is 0.214 e. The Bertz CT molecular complexity index is 473. The van der Waals surface area contributed by atoms with Gasteiger partial charge in [-0.05, 0) is 19.4 Å². The first kappa shape index (κ1) is 7.91. The number of nitrogen functional groups attached to an aromatic ring is 2. The Morgan fingerprint density at radius 2 is 2.00 bits per heavy atom. The van der Waals surface area contributed by atoms with Crippen molar-refractivity contribution in [1.82, 2.24) is 4.98 Å². The van der Waals surface area contributed by atoms with Gasteiger partial charge in [-0.1, -0.05) is 0 Å². The molecule has 0 saturated heterocycles. The molecule has 2 aromatic heterocycles. The van der Waals surface area contributed by atoms with E-state index in [1.54, 1.807) is 6.20 Å². The molecule has 0 aromatic carbocycles. The maximum absolute atomic E-state index is 5.76. The summed E-state index contributed by atoms with van der Waals surface area (Å²) in [5, 5.41) is 0.880. The van der Waals surface area contributed by atoms with Crippen LogP contribution in [0.1, 0.15) is 11.3 Å². The first-order valence-corrected chi connectivity index (χ1v) is 4.01. The highest BCUT2D eigenvalue weighted by Crippen LogP contribution is 2.32. The van der Waals surface area contributed by atoms with Crippen molar-refractivity contribution >= 4 is 22.5 Å². The van der Waals surface area contributed by atoms with Crippen molar-refractivity contribution in [3.8, 4) is 0 Å². The predicted octanol–water partition coefficient (Wildman–Crippen LogP) is 1.61. The predicted molar refractivity (Wildman–Crippen MR) is 52.3 cm³/mol. The van der Waals surface area contributed by atoms with E-state index in [0.29, 0.717) is 11.3 Å². The number of rotatable bonds is 0. The monoisotopic (exact) mass is 177 g/mol. The number of hydrogen-bond donors (Lipinski definition) is 2. The number of nitrogens with zero attached hydrogens (tertiary/aromatic N) is 1. The van der Waals surface area contributed by atoms with Crippen LogP contribution in [0, 0.1) is 13.8 Å². The number of aromatic nitrogens is 1. The third-order valence-corrected chi connectivity index (χ3v) is 2.29. The number of aryl methyl sites for hydroxylation is 2. The zero-order chi connectivity index (χ0) is 9.59. The maximum atomic E-state index is 5.76.